The molecule has 4 nitrogen and oxygen atoms in total. The first-order valence-corrected chi connectivity index (χ1v) is 9.13. The van der Waals surface area contributed by atoms with E-state index in [2.05, 4.69) is 32.6 Å². The molecule has 0 spiro atoms. The van der Waals surface area contributed by atoms with Crippen LogP contribution in [-0.4, -0.2) is 17.9 Å². The third kappa shape index (κ3) is 3.82. The molecule has 23 heavy (non-hydrogen) atoms. The Kier molecular flexibility index (Phi) is 4.82. The molecule has 2 N–H and O–H groups in total. The van der Waals surface area contributed by atoms with Crippen LogP contribution in [0, 0.1) is 0 Å². The van der Waals surface area contributed by atoms with E-state index in [9.17, 15) is 9.59 Å². The number of thiophene rings is 1. The van der Waals surface area contributed by atoms with Crippen LogP contribution in [0.4, 0.5) is 5.69 Å². The van der Waals surface area contributed by atoms with Crippen molar-refractivity contribution in [1.29, 1.82) is 0 Å². The summed E-state index contributed by atoms with van der Waals surface area (Å²) in [5, 5.41) is 5.59. The Labute approximate surface area is 147 Å². The third-order valence-electron chi connectivity index (χ3n) is 3.90. The maximum Gasteiger partial charge on any atom is 0.262 e. The van der Waals surface area contributed by atoms with Crippen LogP contribution in [0.2, 0.25) is 0 Å². The maximum atomic E-state index is 12.3. The molecule has 1 atom stereocenters. The van der Waals surface area contributed by atoms with Crippen LogP contribution in [0.3, 0.4) is 0 Å². The lowest BCUT2D eigenvalue weighted by molar-refractivity contribution is -0.117. The summed E-state index contributed by atoms with van der Waals surface area (Å²) >= 11 is 4.66. The van der Waals surface area contributed by atoms with Crippen molar-refractivity contribution in [2.75, 3.05) is 5.32 Å². The molecule has 2 amide bonds. The van der Waals surface area contributed by atoms with Gasteiger partial charge in [-0.3, -0.25) is 9.59 Å². The lowest BCUT2D eigenvalue weighted by atomic mass is 10.1. The second kappa shape index (κ2) is 6.84. The molecule has 0 aliphatic heterocycles. The standard InChI is InChI=1S/C17H17BrN2O2S/c1-10(19-17(22)14-7-8-15(18)23-14)16(21)20-13-6-5-11-3-2-4-12(11)9-13/h5-10H,2-4H2,1H3,(H,19,22)(H,20,21)/t10-/m1/s1. The molecule has 1 aromatic carbocycles. The number of nitrogens with one attached hydrogen (secondary N) is 2. The fraction of sp³-hybridized carbons (Fsp3) is 0.294. The van der Waals surface area contributed by atoms with Crippen molar-refractivity contribution in [3.05, 3.63) is 50.1 Å². The van der Waals surface area contributed by atoms with Gasteiger partial charge in [0.25, 0.3) is 5.91 Å². The Balaban J connectivity index is 1.60. The van der Waals surface area contributed by atoms with E-state index >= 15 is 0 Å². The summed E-state index contributed by atoms with van der Waals surface area (Å²) in [4.78, 5) is 24.9. The van der Waals surface area contributed by atoms with E-state index in [4.69, 9.17) is 0 Å². The van der Waals surface area contributed by atoms with E-state index < -0.39 is 6.04 Å². The molecule has 0 unspecified atom stereocenters. The normalized spacial score (nSPS) is 14.2. The van der Waals surface area contributed by atoms with Gasteiger partial charge in [-0.25, -0.2) is 0 Å². The van der Waals surface area contributed by atoms with Gasteiger partial charge in [0.1, 0.15) is 6.04 Å². The fourth-order valence-electron chi connectivity index (χ4n) is 2.67. The molecule has 0 saturated carbocycles. The Hall–Kier alpha value is -1.66. The van der Waals surface area contributed by atoms with E-state index in [1.54, 1.807) is 13.0 Å². The highest BCUT2D eigenvalue weighted by Gasteiger charge is 2.18. The SMILES string of the molecule is C[C@@H](NC(=O)c1ccc(Br)s1)C(=O)Nc1ccc2c(c1)CCC2. The van der Waals surface area contributed by atoms with Crippen molar-refractivity contribution in [2.24, 2.45) is 0 Å². The largest absolute Gasteiger partial charge is 0.340 e. The maximum absolute atomic E-state index is 12.3. The van der Waals surface area contributed by atoms with Crippen molar-refractivity contribution in [2.45, 2.75) is 32.2 Å². The number of hydrogen-bond donors (Lipinski definition) is 2. The van der Waals surface area contributed by atoms with Gasteiger partial charge in [-0.2, -0.15) is 0 Å². The summed E-state index contributed by atoms with van der Waals surface area (Å²) in [5.74, 6) is -0.454. The molecule has 0 radical (unpaired) electrons. The topological polar surface area (TPSA) is 58.2 Å². The van der Waals surface area contributed by atoms with Crippen LogP contribution < -0.4 is 10.6 Å². The number of amides is 2. The highest BCUT2D eigenvalue weighted by Crippen LogP contribution is 2.25. The Morgan fingerprint density at radius 1 is 1.17 bits per heavy atom. The third-order valence-corrected chi connectivity index (χ3v) is 5.53. The van der Waals surface area contributed by atoms with Gasteiger partial charge < -0.3 is 10.6 Å². The number of carbonyl (C=O) groups is 2. The monoisotopic (exact) mass is 392 g/mol. The second-order valence-corrected chi connectivity index (χ2v) is 8.09. The number of benzene rings is 1. The molecule has 6 heteroatoms. The summed E-state index contributed by atoms with van der Waals surface area (Å²) in [6.45, 7) is 1.68. The average molecular weight is 393 g/mol. The molecular weight excluding hydrogens is 376 g/mol. The van der Waals surface area contributed by atoms with Gasteiger partial charge >= 0.3 is 0 Å². The van der Waals surface area contributed by atoms with Crippen molar-refractivity contribution in [1.82, 2.24) is 5.32 Å². The molecule has 0 saturated heterocycles. The van der Waals surface area contributed by atoms with Crippen molar-refractivity contribution >= 4 is 44.8 Å². The second-order valence-electron chi connectivity index (χ2n) is 5.63. The molecule has 0 bridgehead atoms. The van der Waals surface area contributed by atoms with Gasteiger partial charge in [-0.05, 0) is 77.5 Å². The first-order chi connectivity index (χ1) is 11.0. The van der Waals surface area contributed by atoms with Crippen LogP contribution in [0.15, 0.2) is 34.1 Å². The quantitative estimate of drug-likeness (QED) is 0.831. The Morgan fingerprint density at radius 3 is 2.70 bits per heavy atom. The van der Waals surface area contributed by atoms with Gasteiger partial charge in [0.15, 0.2) is 0 Å². The molecule has 120 valence electrons. The predicted molar refractivity (Wildman–Crippen MR) is 96.0 cm³/mol. The van der Waals surface area contributed by atoms with Crippen LogP contribution in [0.25, 0.3) is 0 Å². The minimum atomic E-state index is -0.600. The van der Waals surface area contributed by atoms with Crippen molar-refractivity contribution < 1.29 is 9.59 Å². The molecule has 1 aliphatic carbocycles. The first-order valence-electron chi connectivity index (χ1n) is 7.52. The summed E-state index contributed by atoms with van der Waals surface area (Å²) < 4.78 is 0.887. The number of hydrogen-bond acceptors (Lipinski definition) is 3. The van der Waals surface area contributed by atoms with Crippen molar-refractivity contribution in [3.63, 3.8) is 0 Å². The Bertz CT molecular complexity index is 757. The van der Waals surface area contributed by atoms with E-state index in [0.717, 1.165) is 22.3 Å². The molecule has 2 aromatic rings. The zero-order chi connectivity index (χ0) is 16.4. The number of anilines is 1. The molecule has 1 heterocycles. The van der Waals surface area contributed by atoms with E-state index in [1.165, 1.54) is 28.9 Å². The lowest BCUT2D eigenvalue weighted by Crippen LogP contribution is -2.41. The van der Waals surface area contributed by atoms with Gasteiger partial charge in [-0.15, -0.1) is 11.3 Å². The minimum Gasteiger partial charge on any atom is -0.340 e. The van der Waals surface area contributed by atoms with Crippen molar-refractivity contribution in [3.8, 4) is 0 Å². The predicted octanol–water partition coefficient (Wildman–Crippen LogP) is 3.76. The van der Waals surface area contributed by atoms with Gasteiger partial charge in [0, 0.05) is 5.69 Å². The smallest absolute Gasteiger partial charge is 0.262 e. The van der Waals surface area contributed by atoms with E-state index in [0.29, 0.717) is 4.88 Å². The van der Waals surface area contributed by atoms with Crippen LogP contribution in [-0.2, 0) is 17.6 Å². The highest BCUT2D eigenvalue weighted by atomic mass is 79.9. The van der Waals surface area contributed by atoms with Crippen LogP contribution >= 0.6 is 27.3 Å². The zero-order valence-electron chi connectivity index (χ0n) is 12.7. The summed E-state index contributed by atoms with van der Waals surface area (Å²) in [6.07, 6.45) is 3.36. The zero-order valence-corrected chi connectivity index (χ0v) is 15.1. The molecule has 1 aliphatic rings. The fourth-order valence-corrected chi connectivity index (χ4v) is 3.96. The van der Waals surface area contributed by atoms with Gasteiger partial charge in [0.2, 0.25) is 5.91 Å². The number of fused-ring (bicyclic) bond motifs is 1. The van der Waals surface area contributed by atoms with E-state index in [1.807, 2.05) is 18.2 Å². The number of aryl methyl sites for hydroxylation is 2. The van der Waals surface area contributed by atoms with Crippen LogP contribution in [0.1, 0.15) is 34.1 Å². The summed E-state index contributed by atoms with van der Waals surface area (Å²) in [5.41, 5.74) is 3.46. The number of rotatable bonds is 4. The molecule has 1 aromatic heterocycles. The van der Waals surface area contributed by atoms with Crippen LogP contribution in [0.5, 0.6) is 0 Å². The molecular formula is C17H17BrN2O2S. The number of carbonyl (C=O) groups excluding carboxylic acids is 2. The lowest BCUT2D eigenvalue weighted by Gasteiger charge is -2.14. The minimum absolute atomic E-state index is 0.216. The average Bonchev–Trinajstić information content (AvgIpc) is 3.15. The number of halogens is 1. The first kappa shape index (κ1) is 16.2. The highest BCUT2D eigenvalue weighted by molar-refractivity contribution is 9.11. The van der Waals surface area contributed by atoms with E-state index in [-0.39, 0.29) is 11.8 Å². The Morgan fingerprint density at radius 2 is 1.96 bits per heavy atom. The molecule has 3 rings (SSSR count). The van der Waals surface area contributed by atoms with Gasteiger partial charge in [0.05, 0.1) is 8.66 Å². The summed E-state index contributed by atoms with van der Waals surface area (Å²) in [7, 11) is 0. The summed E-state index contributed by atoms with van der Waals surface area (Å²) in [6, 6.07) is 8.98. The molecule has 0 fully saturated rings. The van der Waals surface area contributed by atoms with Gasteiger partial charge in [-0.1, -0.05) is 6.07 Å².